The number of aryl methyl sites for hydroxylation is 1. The Morgan fingerprint density at radius 2 is 2.13 bits per heavy atom. The normalized spacial score (nSPS) is 10.9. The van der Waals surface area contributed by atoms with Gasteiger partial charge >= 0.3 is 0 Å². The van der Waals surface area contributed by atoms with Gasteiger partial charge < -0.3 is 9.67 Å². The average Bonchev–Trinajstić information content (AvgIpc) is 2.21. The molecule has 1 aromatic heterocycles. The van der Waals surface area contributed by atoms with Crippen molar-refractivity contribution in [3.8, 4) is 5.75 Å². The van der Waals surface area contributed by atoms with Crippen molar-refractivity contribution in [1.29, 1.82) is 0 Å². The van der Waals surface area contributed by atoms with Gasteiger partial charge in [0, 0.05) is 12.4 Å². The highest BCUT2D eigenvalue weighted by Gasteiger charge is 2.10. The third kappa shape index (κ3) is 1.43. The van der Waals surface area contributed by atoms with Crippen molar-refractivity contribution in [3.63, 3.8) is 0 Å². The predicted octanol–water partition coefficient (Wildman–Crippen LogP) is 2.15. The van der Waals surface area contributed by atoms with Gasteiger partial charge in [-0.2, -0.15) is 0 Å². The number of hydrogen-bond donors (Lipinski definition) is 1. The molecular weight excluding hydrogens is 265 g/mol. The summed E-state index contributed by atoms with van der Waals surface area (Å²) in [5.41, 5.74) is -0.0947. The van der Waals surface area contributed by atoms with Crippen molar-refractivity contribution in [1.82, 2.24) is 4.57 Å². The molecule has 0 aliphatic rings. The number of halogens is 2. The first-order chi connectivity index (χ1) is 7.02. The molecule has 0 aliphatic carbocycles. The monoisotopic (exact) mass is 271 g/mol. The summed E-state index contributed by atoms with van der Waals surface area (Å²) in [6.45, 7) is 0. The molecule has 0 atom stereocenters. The largest absolute Gasteiger partial charge is 0.503 e. The van der Waals surface area contributed by atoms with E-state index in [2.05, 4.69) is 15.9 Å². The van der Waals surface area contributed by atoms with Gasteiger partial charge in [0.25, 0.3) is 5.56 Å². The zero-order valence-electron chi connectivity index (χ0n) is 7.79. The molecule has 0 aliphatic heterocycles. The lowest BCUT2D eigenvalue weighted by molar-refractivity contribution is 0.463. The van der Waals surface area contributed by atoms with Crippen LogP contribution in [0.5, 0.6) is 5.75 Å². The van der Waals surface area contributed by atoms with Gasteiger partial charge in [-0.05, 0) is 34.1 Å². The van der Waals surface area contributed by atoms with Gasteiger partial charge in [-0.3, -0.25) is 4.79 Å². The smallest absolute Gasteiger partial charge is 0.292 e. The fraction of sp³-hybridized carbons (Fsp3) is 0.100. The first-order valence-corrected chi connectivity index (χ1v) is 4.98. The summed E-state index contributed by atoms with van der Waals surface area (Å²) >= 11 is 3.04. The second kappa shape index (κ2) is 3.34. The molecule has 0 saturated carbocycles. The predicted molar refractivity (Wildman–Crippen MR) is 58.5 cm³/mol. The summed E-state index contributed by atoms with van der Waals surface area (Å²) in [7, 11) is 1.48. The molecule has 2 rings (SSSR count). The minimum Gasteiger partial charge on any atom is -0.503 e. The Hall–Kier alpha value is -1.36. The van der Waals surface area contributed by atoms with Crippen LogP contribution in [0.15, 0.2) is 27.5 Å². The highest BCUT2D eigenvalue weighted by Crippen LogP contribution is 2.25. The summed E-state index contributed by atoms with van der Waals surface area (Å²) < 4.78 is 15.1. The van der Waals surface area contributed by atoms with E-state index in [0.717, 1.165) is 6.07 Å². The summed E-state index contributed by atoms with van der Waals surface area (Å²) in [5, 5.41) is 9.51. The zero-order valence-corrected chi connectivity index (χ0v) is 9.38. The van der Waals surface area contributed by atoms with E-state index >= 15 is 0 Å². The van der Waals surface area contributed by atoms with Crippen LogP contribution < -0.4 is 5.56 Å². The molecular formula is C10H7BrFNO2. The van der Waals surface area contributed by atoms with E-state index in [-0.39, 0.29) is 5.39 Å². The Morgan fingerprint density at radius 1 is 1.47 bits per heavy atom. The molecule has 0 spiro atoms. The first-order valence-electron chi connectivity index (χ1n) is 4.19. The van der Waals surface area contributed by atoms with Gasteiger partial charge in [0.15, 0.2) is 5.75 Å². The van der Waals surface area contributed by atoms with Crippen LogP contribution >= 0.6 is 15.9 Å². The zero-order chi connectivity index (χ0) is 11.2. The molecule has 0 radical (unpaired) electrons. The van der Waals surface area contributed by atoms with E-state index in [1.807, 2.05) is 0 Å². The lowest BCUT2D eigenvalue weighted by atomic mass is 10.2. The molecule has 0 saturated heterocycles. The number of aromatic nitrogens is 1. The molecule has 3 nitrogen and oxygen atoms in total. The topological polar surface area (TPSA) is 42.2 Å². The summed E-state index contributed by atoms with van der Waals surface area (Å²) in [6.07, 6.45) is 0. The molecule has 78 valence electrons. The SMILES string of the molecule is Cn1c(=O)c(O)cc2c(F)c(Br)ccc21. The minimum absolute atomic E-state index is 0.212. The van der Waals surface area contributed by atoms with Crippen LogP contribution in [0.4, 0.5) is 4.39 Å². The fourth-order valence-corrected chi connectivity index (χ4v) is 1.81. The molecule has 1 heterocycles. The van der Waals surface area contributed by atoms with Gasteiger partial charge in [-0.15, -0.1) is 0 Å². The van der Waals surface area contributed by atoms with Crippen LogP contribution in [0, 0.1) is 5.82 Å². The second-order valence-corrected chi connectivity index (χ2v) is 4.04. The second-order valence-electron chi connectivity index (χ2n) is 3.19. The summed E-state index contributed by atoms with van der Waals surface area (Å²) in [6, 6.07) is 4.27. The van der Waals surface area contributed by atoms with Crippen LogP contribution in [0.1, 0.15) is 0 Å². The van der Waals surface area contributed by atoms with Crippen LogP contribution in [0.3, 0.4) is 0 Å². The van der Waals surface area contributed by atoms with Crippen LogP contribution in [-0.2, 0) is 7.05 Å². The molecule has 1 N–H and O–H groups in total. The highest BCUT2D eigenvalue weighted by atomic mass is 79.9. The van der Waals surface area contributed by atoms with Gasteiger partial charge in [0.1, 0.15) is 5.82 Å². The molecule has 5 heteroatoms. The van der Waals surface area contributed by atoms with Gasteiger partial charge in [-0.25, -0.2) is 4.39 Å². The van der Waals surface area contributed by atoms with Gasteiger partial charge in [-0.1, -0.05) is 0 Å². The van der Waals surface area contributed by atoms with Crippen LogP contribution in [-0.4, -0.2) is 9.67 Å². The fourth-order valence-electron chi connectivity index (χ4n) is 1.47. The summed E-state index contributed by atoms with van der Waals surface area (Å²) in [4.78, 5) is 11.4. The first kappa shape index (κ1) is 10.2. The molecule has 0 unspecified atom stereocenters. The number of fused-ring (bicyclic) bond motifs is 1. The number of nitrogens with zero attached hydrogens (tertiary/aromatic N) is 1. The van der Waals surface area contributed by atoms with Crippen LogP contribution in [0.2, 0.25) is 0 Å². The van der Waals surface area contributed by atoms with Crippen molar-refractivity contribution in [2.24, 2.45) is 7.05 Å². The van der Waals surface area contributed by atoms with Crippen molar-refractivity contribution in [2.75, 3.05) is 0 Å². The summed E-state index contributed by atoms with van der Waals surface area (Å²) in [5.74, 6) is -0.944. The highest BCUT2D eigenvalue weighted by molar-refractivity contribution is 9.10. The lowest BCUT2D eigenvalue weighted by Gasteiger charge is -2.07. The number of benzene rings is 1. The van der Waals surface area contributed by atoms with E-state index in [1.165, 1.54) is 17.7 Å². The van der Waals surface area contributed by atoms with E-state index in [1.54, 1.807) is 6.07 Å². The third-order valence-corrected chi connectivity index (χ3v) is 2.89. The quantitative estimate of drug-likeness (QED) is 0.798. The molecule has 2 aromatic rings. The van der Waals surface area contributed by atoms with Gasteiger partial charge in [0.05, 0.1) is 9.99 Å². The Bertz CT molecular complexity index is 606. The van der Waals surface area contributed by atoms with Crippen molar-refractivity contribution >= 4 is 26.8 Å². The maximum absolute atomic E-state index is 13.6. The Kier molecular flexibility index (Phi) is 2.26. The van der Waals surface area contributed by atoms with Crippen molar-refractivity contribution in [2.45, 2.75) is 0 Å². The molecule has 0 bridgehead atoms. The van der Waals surface area contributed by atoms with Crippen LogP contribution in [0.25, 0.3) is 10.9 Å². The molecule has 0 fully saturated rings. The maximum Gasteiger partial charge on any atom is 0.292 e. The lowest BCUT2D eigenvalue weighted by Crippen LogP contribution is -2.16. The maximum atomic E-state index is 13.6. The number of rotatable bonds is 0. The standard InChI is InChI=1S/C10H7BrFNO2/c1-13-7-3-2-6(11)9(12)5(7)4-8(14)10(13)15/h2-4,14H,1H3. The van der Waals surface area contributed by atoms with E-state index < -0.39 is 17.1 Å². The van der Waals surface area contributed by atoms with E-state index in [0.29, 0.717) is 9.99 Å². The molecule has 0 amide bonds. The van der Waals surface area contributed by atoms with E-state index in [4.69, 9.17) is 0 Å². The third-order valence-electron chi connectivity index (χ3n) is 2.28. The van der Waals surface area contributed by atoms with E-state index in [9.17, 15) is 14.3 Å². The Labute approximate surface area is 92.9 Å². The number of pyridine rings is 1. The van der Waals surface area contributed by atoms with Crippen molar-refractivity contribution in [3.05, 3.63) is 38.8 Å². The van der Waals surface area contributed by atoms with Gasteiger partial charge in [0.2, 0.25) is 0 Å². The Morgan fingerprint density at radius 3 is 2.80 bits per heavy atom. The molecule has 1 aromatic carbocycles. The molecule has 15 heavy (non-hydrogen) atoms. The number of aromatic hydroxyl groups is 1. The number of hydrogen-bond acceptors (Lipinski definition) is 2. The minimum atomic E-state index is -0.538. The Balaban J connectivity index is 3.05. The average molecular weight is 272 g/mol. The van der Waals surface area contributed by atoms with Crippen molar-refractivity contribution < 1.29 is 9.50 Å².